The number of carboxylic acid groups (broad SMARTS) is 1. The molecule has 1 aromatic rings. The Balaban J connectivity index is 3.24. The van der Waals surface area contributed by atoms with Gasteiger partial charge < -0.3 is 10.8 Å². The van der Waals surface area contributed by atoms with Gasteiger partial charge in [-0.05, 0) is 37.3 Å². The molecule has 0 spiro atoms. The first-order valence-corrected chi connectivity index (χ1v) is 5.97. The zero-order valence-electron chi connectivity index (χ0n) is 11.0. The highest BCUT2D eigenvalue weighted by Crippen LogP contribution is 2.32. The number of aliphatic carboxylic acids is 1. The zero-order chi connectivity index (χ0) is 15.7. The van der Waals surface area contributed by atoms with Gasteiger partial charge in [-0.2, -0.15) is 0 Å². The van der Waals surface area contributed by atoms with Crippen LogP contribution in [0.4, 0.5) is 17.6 Å². The van der Waals surface area contributed by atoms with E-state index in [1.54, 1.807) is 6.92 Å². The number of hydrogen-bond acceptors (Lipinski definition) is 2. The fraction of sp³-hybridized carbons (Fsp3) is 0.462. The summed E-state index contributed by atoms with van der Waals surface area (Å²) in [4.78, 5) is 10.9. The molecule has 0 aliphatic rings. The molecular weight excluding hydrogens is 278 g/mol. The Morgan fingerprint density at radius 1 is 1.30 bits per heavy atom. The maximum absolute atomic E-state index is 13.7. The highest BCUT2D eigenvalue weighted by atomic mass is 19.2. The molecule has 0 fully saturated rings. The van der Waals surface area contributed by atoms with Gasteiger partial charge in [-0.25, -0.2) is 17.6 Å². The maximum Gasteiger partial charge on any atom is 0.323 e. The van der Waals surface area contributed by atoms with Crippen LogP contribution in [0.15, 0.2) is 6.07 Å². The Kier molecular flexibility index (Phi) is 4.75. The molecule has 2 unspecified atom stereocenters. The van der Waals surface area contributed by atoms with E-state index in [-0.39, 0.29) is 12.8 Å². The summed E-state index contributed by atoms with van der Waals surface area (Å²) in [6.45, 7) is 2.80. The van der Waals surface area contributed by atoms with Gasteiger partial charge in [0.15, 0.2) is 23.3 Å². The molecule has 3 N–H and O–H groups in total. The van der Waals surface area contributed by atoms with E-state index in [9.17, 15) is 22.4 Å². The first-order chi connectivity index (χ1) is 9.11. The normalized spacial score (nSPS) is 15.8. The van der Waals surface area contributed by atoms with Crippen LogP contribution in [-0.4, -0.2) is 16.6 Å². The van der Waals surface area contributed by atoms with Gasteiger partial charge in [-0.3, -0.25) is 4.79 Å². The summed E-state index contributed by atoms with van der Waals surface area (Å²) in [5, 5.41) is 8.93. The first kappa shape index (κ1) is 16.4. The van der Waals surface area contributed by atoms with Gasteiger partial charge in [0.2, 0.25) is 0 Å². The lowest BCUT2D eigenvalue weighted by molar-refractivity contribution is -0.143. The molecule has 2 atom stereocenters. The third-order valence-corrected chi connectivity index (χ3v) is 3.22. The number of halogens is 4. The lowest BCUT2D eigenvalue weighted by Gasteiger charge is -2.26. The topological polar surface area (TPSA) is 63.3 Å². The van der Waals surface area contributed by atoms with Crippen molar-refractivity contribution >= 4 is 5.97 Å². The monoisotopic (exact) mass is 293 g/mol. The minimum Gasteiger partial charge on any atom is -0.480 e. The molecule has 1 rings (SSSR count). The van der Waals surface area contributed by atoms with Gasteiger partial charge in [0.25, 0.3) is 0 Å². The largest absolute Gasteiger partial charge is 0.480 e. The average Bonchev–Trinajstić information content (AvgIpc) is 2.38. The van der Waals surface area contributed by atoms with Crippen molar-refractivity contribution in [1.29, 1.82) is 0 Å². The molecule has 112 valence electrons. The van der Waals surface area contributed by atoms with E-state index in [1.165, 1.54) is 6.92 Å². The van der Waals surface area contributed by atoms with Gasteiger partial charge in [0.05, 0.1) is 0 Å². The fourth-order valence-corrected chi connectivity index (χ4v) is 1.96. The second kappa shape index (κ2) is 5.78. The minimum atomic E-state index is -1.91. The van der Waals surface area contributed by atoms with E-state index in [2.05, 4.69) is 0 Å². The van der Waals surface area contributed by atoms with E-state index in [0.29, 0.717) is 6.07 Å². The molecule has 0 aliphatic carbocycles. The van der Waals surface area contributed by atoms with Crippen LogP contribution in [0.1, 0.15) is 38.2 Å². The van der Waals surface area contributed by atoms with E-state index in [1.807, 2.05) is 0 Å². The molecule has 0 heterocycles. The summed E-state index contributed by atoms with van der Waals surface area (Å²) in [5.41, 5.74) is 3.44. The highest BCUT2D eigenvalue weighted by molar-refractivity contribution is 5.77. The van der Waals surface area contributed by atoms with Crippen LogP contribution in [0.2, 0.25) is 0 Å². The molecule has 0 saturated heterocycles. The van der Waals surface area contributed by atoms with Crippen molar-refractivity contribution in [3.8, 4) is 0 Å². The summed E-state index contributed by atoms with van der Waals surface area (Å²) in [6.07, 6.45) is -0.0399. The van der Waals surface area contributed by atoms with Gasteiger partial charge in [0.1, 0.15) is 5.54 Å². The lowest BCUT2D eigenvalue weighted by Crippen LogP contribution is -2.46. The number of benzene rings is 1. The number of carbonyl (C=O) groups is 1. The van der Waals surface area contributed by atoms with Crippen LogP contribution in [0, 0.1) is 23.3 Å². The molecule has 7 heteroatoms. The van der Waals surface area contributed by atoms with Gasteiger partial charge >= 0.3 is 5.97 Å². The van der Waals surface area contributed by atoms with Gasteiger partial charge in [0, 0.05) is 0 Å². The third kappa shape index (κ3) is 3.09. The Hall–Kier alpha value is -1.63. The number of nitrogens with two attached hydrogens (primary N) is 1. The van der Waals surface area contributed by atoms with Crippen molar-refractivity contribution in [2.45, 2.75) is 38.1 Å². The number of hydrogen-bond donors (Lipinski definition) is 2. The number of carboxylic acids is 1. The molecule has 1 aromatic carbocycles. The predicted molar refractivity (Wildman–Crippen MR) is 64.2 cm³/mol. The SMILES string of the molecule is CCC(CC(C)(N)C(=O)O)c1cc(F)c(F)c(F)c1F. The summed E-state index contributed by atoms with van der Waals surface area (Å²) < 4.78 is 53.0. The van der Waals surface area contributed by atoms with Crippen LogP contribution >= 0.6 is 0 Å². The van der Waals surface area contributed by atoms with E-state index < -0.39 is 46.3 Å². The molecule has 3 nitrogen and oxygen atoms in total. The third-order valence-electron chi connectivity index (χ3n) is 3.22. The summed E-state index contributed by atoms with van der Waals surface area (Å²) in [6, 6.07) is 0.542. The molecule has 0 radical (unpaired) electrons. The van der Waals surface area contributed by atoms with Crippen LogP contribution < -0.4 is 5.73 Å². The maximum atomic E-state index is 13.7. The summed E-state index contributed by atoms with van der Waals surface area (Å²) >= 11 is 0. The second-order valence-corrected chi connectivity index (χ2v) is 4.92. The summed E-state index contributed by atoms with van der Waals surface area (Å²) in [7, 11) is 0. The Bertz CT molecular complexity index is 532. The van der Waals surface area contributed by atoms with Crippen molar-refractivity contribution in [3.05, 3.63) is 34.9 Å². The summed E-state index contributed by atoms with van der Waals surface area (Å²) in [5.74, 6) is -9.00. The smallest absolute Gasteiger partial charge is 0.323 e. The lowest BCUT2D eigenvalue weighted by atomic mass is 9.83. The molecular formula is C13H15F4NO2. The van der Waals surface area contributed by atoms with Gasteiger partial charge in [-0.1, -0.05) is 6.92 Å². The van der Waals surface area contributed by atoms with Crippen molar-refractivity contribution in [1.82, 2.24) is 0 Å². The van der Waals surface area contributed by atoms with Gasteiger partial charge in [-0.15, -0.1) is 0 Å². The molecule has 0 aliphatic heterocycles. The van der Waals surface area contributed by atoms with Crippen molar-refractivity contribution < 1.29 is 27.5 Å². The minimum absolute atomic E-state index is 0.196. The van der Waals surface area contributed by atoms with E-state index in [4.69, 9.17) is 10.8 Å². The quantitative estimate of drug-likeness (QED) is 0.498. The molecule has 0 bridgehead atoms. The predicted octanol–water partition coefficient (Wildman–Crippen LogP) is 2.93. The Morgan fingerprint density at radius 3 is 2.30 bits per heavy atom. The molecule has 20 heavy (non-hydrogen) atoms. The highest BCUT2D eigenvalue weighted by Gasteiger charge is 2.33. The molecule has 0 amide bonds. The average molecular weight is 293 g/mol. The Labute approximate surface area is 113 Å². The molecule has 0 aromatic heterocycles. The van der Waals surface area contributed by atoms with Crippen LogP contribution in [0.5, 0.6) is 0 Å². The standard InChI is InChI=1S/C13H15F4NO2/c1-3-6(5-13(2,18)12(19)20)7-4-8(14)10(16)11(17)9(7)15/h4,6H,3,5,18H2,1-2H3,(H,19,20). The van der Waals surface area contributed by atoms with Crippen LogP contribution in [0.25, 0.3) is 0 Å². The first-order valence-electron chi connectivity index (χ1n) is 5.97. The van der Waals surface area contributed by atoms with Crippen molar-refractivity contribution in [3.63, 3.8) is 0 Å². The van der Waals surface area contributed by atoms with Crippen molar-refractivity contribution in [2.24, 2.45) is 5.73 Å². The van der Waals surface area contributed by atoms with Crippen LogP contribution in [-0.2, 0) is 4.79 Å². The second-order valence-electron chi connectivity index (χ2n) is 4.92. The Morgan fingerprint density at radius 2 is 1.85 bits per heavy atom. The van der Waals surface area contributed by atoms with E-state index in [0.717, 1.165) is 0 Å². The number of rotatable bonds is 5. The fourth-order valence-electron chi connectivity index (χ4n) is 1.96. The molecule has 0 saturated carbocycles. The van der Waals surface area contributed by atoms with Crippen LogP contribution in [0.3, 0.4) is 0 Å². The van der Waals surface area contributed by atoms with E-state index >= 15 is 0 Å². The zero-order valence-corrected chi connectivity index (χ0v) is 11.0. The van der Waals surface area contributed by atoms with Crippen molar-refractivity contribution in [2.75, 3.05) is 0 Å².